The summed E-state index contributed by atoms with van der Waals surface area (Å²) >= 11 is 0. The third kappa shape index (κ3) is 5.60. The van der Waals surface area contributed by atoms with Gasteiger partial charge in [0.25, 0.3) is 0 Å². The number of anilines is 1. The van der Waals surface area contributed by atoms with E-state index >= 15 is 0 Å². The van der Waals surface area contributed by atoms with Crippen LogP contribution in [0.25, 0.3) is 0 Å². The van der Waals surface area contributed by atoms with E-state index in [4.69, 9.17) is 0 Å². The van der Waals surface area contributed by atoms with E-state index in [0.29, 0.717) is 0 Å². The lowest BCUT2D eigenvalue weighted by atomic mass is 10.2. The van der Waals surface area contributed by atoms with E-state index in [1.807, 2.05) is 46.8 Å². The van der Waals surface area contributed by atoms with Crippen molar-refractivity contribution in [3.8, 4) is 0 Å². The third-order valence-corrected chi connectivity index (χ3v) is 2.95. The maximum absolute atomic E-state index is 13.7. The first-order chi connectivity index (χ1) is 9.16. The maximum atomic E-state index is 13.7. The predicted molar refractivity (Wildman–Crippen MR) is 83.5 cm³/mol. The molecule has 1 heterocycles. The zero-order valence-corrected chi connectivity index (χ0v) is 13.3. The van der Waals surface area contributed by atoms with Gasteiger partial charge in [-0.05, 0) is 31.7 Å². The minimum Gasteiger partial charge on any atom is -0.367 e. The van der Waals surface area contributed by atoms with Crippen molar-refractivity contribution >= 4 is 5.69 Å². The number of hydrogen-bond acceptors (Lipinski definition) is 2. The van der Waals surface area contributed by atoms with Crippen LogP contribution in [0.1, 0.15) is 33.3 Å². The van der Waals surface area contributed by atoms with Gasteiger partial charge in [0.2, 0.25) is 0 Å². The second-order valence-electron chi connectivity index (χ2n) is 4.25. The molecule has 0 amide bonds. The molecule has 0 unspecified atom stereocenters. The highest BCUT2D eigenvalue weighted by atomic mass is 19.1. The Balaban J connectivity index is 0.000000741. The van der Waals surface area contributed by atoms with Gasteiger partial charge in [0, 0.05) is 26.2 Å². The number of likely N-dealkylation sites (N-methyl/N-ethyl adjacent to an activating group) is 1. The molecule has 110 valence electrons. The van der Waals surface area contributed by atoms with Gasteiger partial charge < -0.3 is 9.80 Å². The lowest BCUT2D eigenvalue weighted by Crippen LogP contribution is -2.44. The van der Waals surface area contributed by atoms with E-state index in [1.54, 1.807) is 6.07 Å². The van der Waals surface area contributed by atoms with Gasteiger partial charge in [-0.3, -0.25) is 0 Å². The van der Waals surface area contributed by atoms with Gasteiger partial charge in [-0.2, -0.15) is 0 Å². The maximum Gasteiger partial charge on any atom is 0.146 e. The molecule has 0 atom stereocenters. The van der Waals surface area contributed by atoms with E-state index in [0.717, 1.165) is 37.4 Å². The van der Waals surface area contributed by atoms with Crippen LogP contribution in [0.4, 0.5) is 10.1 Å². The summed E-state index contributed by atoms with van der Waals surface area (Å²) in [4.78, 5) is 4.39. The molecule has 0 aliphatic carbocycles. The molecule has 2 rings (SSSR count). The zero-order chi connectivity index (χ0) is 14.8. The number of hydrogen-bond donors (Lipinski definition) is 0. The van der Waals surface area contributed by atoms with Crippen molar-refractivity contribution in [3.05, 3.63) is 29.6 Å². The summed E-state index contributed by atoms with van der Waals surface area (Å²) < 4.78 is 13.7. The van der Waals surface area contributed by atoms with Crippen LogP contribution in [0.3, 0.4) is 0 Å². The van der Waals surface area contributed by atoms with E-state index in [2.05, 4.69) is 16.8 Å². The van der Waals surface area contributed by atoms with Crippen molar-refractivity contribution in [1.82, 2.24) is 4.90 Å². The topological polar surface area (TPSA) is 6.48 Å². The Labute approximate surface area is 118 Å². The van der Waals surface area contributed by atoms with E-state index in [9.17, 15) is 4.39 Å². The smallest absolute Gasteiger partial charge is 0.146 e. The highest BCUT2D eigenvalue weighted by molar-refractivity contribution is 5.49. The third-order valence-electron chi connectivity index (χ3n) is 2.95. The monoisotopic (exact) mass is 268 g/mol. The first-order valence-electron chi connectivity index (χ1n) is 7.36. The Morgan fingerprint density at radius 1 is 0.947 bits per heavy atom. The second kappa shape index (κ2) is 9.79. The largest absolute Gasteiger partial charge is 0.367 e. The summed E-state index contributed by atoms with van der Waals surface area (Å²) in [7, 11) is 2.10. The molecule has 19 heavy (non-hydrogen) atoms. The number of halogens is 1. The van der Waals surface area contributed by atoms with Crippen molar-refractivity contribution in [1.29, 1.82) is 0 Å². The molecular weight excluding hydrogens is 239 g/mol. The predicted octanol–water partition coefficient (Wildman–Crippen LogP) is 3.94. The molecule has 1 saturated heterocycles. The van der Waals surface area contributed by atoms with Gasteiger partial charge in [0.1, 0.15) is 5.82 Å². The average molecular weight is 268 g/mol. The Bertz CT molecular complexity index is 345. The molecule has 2 nitrogen and oxygen atoms in total. The van der Waals surface area contributed by atoms with Crippen molar-refractivity contribution in [2.45, 2.75) is 34.6 Å². The van der Waals surface area contributed by atoms with Crippen molar-refractivity contribution in [2.75, 3.05) is 38.1 Å². The van der Waals surface area contributed by atoms with Crippen molar-refractivity contribution in [2.24, 2.45) is 0 Å². The van der Waals surface area contributed by atoms with Gasteiger partial charge in [-0.15, -0.1) is 0 Å². The molecule has 0 bridgehead atoms. The molecule has 0 N–H and O–H groups in total. The Hall–Kier alpha value is -1.09. The van der Waals surface area contributed by atoms with Gasteiger partial charge >= 0.3 is 0 Å². The quantitative estimate of drug-likeness (QED) is 0.761. The summed E-state index contributed by atoms with van der Waals surface area (Å²) in [5.74, 6) is -0.0976. The van der Waals surface area contributed by atoms with Crippen molar-refractivity contribution in [3.63, 3.8) is 0 Å². The van der Waals surface area contributed by atoms with Crippen LogP contribution in [-0.4, -0.2) is 38.1 Å². The van der Waals surface area contributed by atoms with Gasteiger partial charge in [0.15, 0.2) is 0 Å². The molecule has 1 aliphatic rings. The fraction of sp³-hybridized carbons (Fsp3) is 0.625. The zero-order valence-electron chi connectivity index (χ0n) is 13.3. The lowest BCUT2D eigenvalue weighted by molar-refractivity contribution is 0.311. The summed E-state index contributed by atoms with van der Waals surface area (Å²) in [6.07, 6.45) is 0. The highest BCUT2D eigenvalue weighted by Gasteiger charge is 2.16. The number of rotatable bonds is 1. The normalized spacial score (nSPS) is 15.0. The fourth-order valence-electron chi connectivity index (χ4n) is 1.92. The van der Waals surface area contributed by atoms with E-state index in [-0.39, 0.29) is 5.82 Å². The SMILES string of the molecule is CC.CC.Cc1ccc(N2CCN(C)CC2)c(F)c1. The van der Waals surface area contributed by atoms with Gasteiger partial charge in [0.05, 0.1) is 5.69 Å². The molecule has 0 saturated carbocycles. The van der Waals surface area contributed by atoms with Crippen LogP contribution >= 0.6 is 0 Å². The standard InChI is InChI=1S/C12H17FN2.2C2H6/c1-10-3-4-12(11(13)9-10)15-7-5-14(2)6-8-15;2*1-2/h3-4,9H,5-8H2,1-2H3;2*1-2H3. The number of nitrogens with zero attached hydrogens (tertiary/aromatic N) is 2. The first kappa shape index (κ1) is 17.9. The average Bonchev–Trinajstić information content (AvgIpc) is 2.45. The first-order valence-corrected chi connectivity index (χ1v) is 7.36. The minimum absolute atomic E-state index is 0.0976. The van der Waals surface area contributed by atoms with Crippen LogP contribution in [0.15, 0.2) is 18.2 Å². The van der Waals surface area contributed by atoms with Crippen LogP contribution < -0.4 is 4.90 Å². The van der Waals surface area contributed by atoms with Crippen LogP contribution in [0, 0.1) is 12.7 Å². The lowest BCUT2D eigenvalue weighted by Gasteiger charge is -2.34. The minimum atomic E-state index is -0.0976. The molecule has 1 fully saturated rings. The Morgan fingerprint density at radius 3 is 1.95 bits per heavy atom. The summed E-state index contributed by atoms with van der Waals surface area (Å²) in [5.41, 5.74) is 1.72. The summed E-state index contributed by atoms with van der Waals surface area (Å²) in [6, 6.07) is 5.46. The molecule has 3 heteroatoms. The van der Waals surface area contributed by atoms with Crippen LogP contribution in [-0.2, 0) is 0 Å². The van der Waals surface area contributed by atoms with Crippen molar-refractivity contribution < 1.29 is 4.39 Å². The van der Waals surface area contributed by atoms with Gasteiger partial charge in [-0.1, -0.05) is 33.8 Å². The molecule has 1 aromatic carbocycles. The molecule has 0 radical (unpaired) electrons. The fourth-order valence-corrected chi connectivity index (χ4v) is 1.92. The van der Waals surface area contributed by atoms with Crippen LogP contribution in [0.2, 0.25) is 0 Å². The number of benzene rings is 1. The Morgan fingerprint density at radius 2 is 1.47 bits per heavy atom. The number of piperazine rings is 1. The summed E-state index contributed by atoms with van der Waals surface area (Å²) in [5, 5.41) is 0. The second-order valence-corrected chi connectivity index (χ2v) is 4.25. The molecule has 1 aliphatic heterocycles. The van der Waals surface area contributed by atoms with Crippen LogP contribution in [0.5, 0.6) is 0 Å². The van der Waals surface area contributed by atoms with E-state index in [1.165, 1.54) is 0 Å². The van der Waals surface area contributed by atoms with E-state index < -0.39 is 0 Å². The molecular formula is C16H29FN2. The molecule has 1 aromatic rings. The summed E-state index contributed by atoms with van der Waals surface area (Å²) in [6.45, 7) is 13.8. The molecule has 0 spiro atoms. The highest BCUT2D eigenvalue weighted by Crippen LogP contribution is 2.21. The van der Waals surface area contributed by atoms with Gasteiger partial charge in [-0.25, -0.2) is 4.39 Å². The molecule has 0 aromatic heterocycles. The number of aryl methyl sites for hydroxylation is 1. The Kier molecular flexibility index (Phi) is 9.23.